The number of carbonyl (C=O) groups excluding carboxylic acids is 1. The van der Waals surface area contributed by atoms with Crippen molar-refractivity contribution in [2.45, 2.75) is 44.1 Å². The zero-order chi connectivity index (χ0) is 22.0. The second-order valence-electron chi connectivity index (χ2n) is 7.95. The molecule has 1 aromatic carbocycles. The van der Waals surface area contributed by atoms with Crippen molar-refractivity contribution >= 4 is 5.78 Å². The summed E-state index contributed by atoms with van der Waals surface area (Å²) >= 11 is 0. The Morgan fingerprint density at radius 3 is 2.68 bits per heavy atom. The molecule has 0 bridgehead atoms. The van der Waals surface area contributed by atoms with E-state index in [-0.39, 0.29) is 41.1 Å². The van der Waals surface area contributed by atoms with Crippen molar-refractivity contribution < 1.29 is 18.0 Å². The first-order valence-corrected chi connectivity index (χ1v) is 10.3. The summed E-state index contributed by atoms with van der Waals surface area (Å²) in [4.78, 5) is 21.2. The second kappa shape index (κ2) is 8.98. The van der Waals surface area contributed by atoms with E-state index < -0.39 is 17.5 Å². The Balaban J connectivity index is 1.62. The highest BCUT2D eigenvalue weighted by molar-refractivity contribution is 5.96. The van der Waals surface area contributed by atoms with E-state index in [1.165, 1.54) is 6.07 Å². The Morgan fingerprint density at radius 2 is 1.90 bits per heavy atom. The summed E-state index contributed by atoms with van der Waals surface area (Å²) in [7, 11) is 0. The zero-order valence-electron chi connectivity index (χ0n) is 16.8. The van der Waals surface area contributed by atoms with E-state index in [0.29, 0.717) is 6.07 Å². The van der Waals surface area contributed by atoms with Crippen LogP contribution in [-0.2, 0) is 6.42 Å². The fraction of sp³-hybridized carbons (Fsp3) is 0.292. The third kappa shape index (κ3) is 4.66. The van der Waals surface area contributed by atoms with Gasteiger partial charge in [0.15, 0.2) is 5.78 Å². The van der Waals surface area contributed by atoms with Crippen LogP contribution < -0.4 is 5.73 Å². The fourth-order valence-electron chi connectivity index (χ4n) is 4.23. The van der Waals surface area contributed by atoms with Crippen molar-refractivity contribution in [1.82, 2.24) is 9.97 Å². The van der Waals surface area contributed by atoms with Gasteiger partial charge in [0.25, 0.3) is 0 Å². The maximum absolute atomic E-state index is 14.3. The largest absolute Gasteiger partial charge is 0.328 e. The Morgan fingerprint density at radius 1 is 1.06 bits per heavy atom. The first-order valence-electron chi connectivity index (χ1n) is 10.3. The standard InChI is InChI=1S/C24H22F3N3O/c25-16-4-5-19(21(27)12-16)24-20(26)6-7-22(30-24)23(31)11-15-13-29-9-8-18(15)14-2-1-3-17(28)10-14/h4-9,12-14,17H,1-3,10-11,28H2/t14-,17+/m1/s1. The monoisotopic (exact) mass is 425 g/mol. The van der Waals surface area contributed by atoms with Gasteiger partial charge in [-0.2, -0.15) is 0 Å². The quantitative estimate of drug-likeness (QED) is 0.586. The van der Waals surface area contributed by atoms with E-state index in [0.717, 1.165) is 55.0 Å². The summed E-state index contributed by atoms with van der Waals surface area (Å²) in [6.45, 7) is 0. The summed E-state index contributed by atoms with van der Waals surface area (Å²) < 4.78 is 41.7. The number of pyridine rings is 2. The van der Waals surface area contributed by atoms with Gasteiger partial charge in [-0.15, -0.1) is 0 Å². The minimum atomic E-state index is -0.945. The van der Waals surface area contributed by atoms with Gasteiger partial charge in [0.2, 0.25) is 0 Å². The molecule has 1 aliphatic rings. The fourth-order valence-corrected chi connectivity index (χ4v) is 4.23. The van der Waals surface area contributed by atoms with Gasteiger partial charge in [-0.05, 0) is 66.6 Å². The van der Waals surface area contributed by atoms with Gasteiger partial charge in [-0.25, -0.2) is 18.2 Å². The third-order valence-electron chi connectivity index (χ3n) is 5.76. The van der Waals surface area contributed by atoms with E-state index in [1.54, 1.807) is 12.4 Å². The number of carbonyl (C=O) groups is 1. The van der Waals surface area contributed by atoms with Crippen molar-refractivity contribution in [3.63, 3.8) is 0 Å². The smallest absolute Gasteiger partial charge is 0.185 e. The Bertz CT molecular complexity index is 1120. The zero-order valence-corrected chi connectivity index (χ0v) is 16.8. The van der Waals surface area contributed by atoms with Gasteiger partial charge >= 0.3 is 0 Å². The molecule has 0 aliphatic heterocycles. The summed E-state index contributed by atoms with van der Waals surface area (Å²) in [6.07, 6.45) is 7.30. The molecule has 4 rings (SSSR count). The molecule has 1 saturated carbocycles. The van der Waals surface area contributed by atoms with Crippen LogP contribution in [0.1, 0.15) is 53.2 Å². The minimum absolute atomic E-state index is 0.00951. The van der Waals surface area contributed by atoms with Crippen LogP contribution in [-0.4, -0.2) is 21.8 Å². The summed E-state index contributed by atoms with van der Waals surface area (Å²) in [5, 5.41) is 0. The molecule has 2 atom stereocenters. The van der Waals surface area contributed by atoms with Gasteiger partial charge in [0, 0.05) is 36.5 Å². The van der Waals surface area contributed by atoms with Crippen LogP contribution in [0.25, 0.3) is 11.3 Å². The molecule has 1 aliphatic carbocycles. The molecule has 2 aromatic heterocycles. The highest BCUT2D eigenvalue weighted by Crippen LogP contribution is 2.34. The Kier molecular flexibility index (Phi) is 6.13. The molecule has 7 heteroatoms. The van der Waals surface area contributed by atoms with Crippen LogP contribution in [0.2, 0.25) is 0 Å². The predicted octanol–water partition coefficient (Wildman–Crippen LogP) is 4.97. The molecular formula is C24H22F3N3O. The highest BCUT2D eigenvalue weighted by atomic mass is 19.1. The predicted molar refractivity (Wildman–Crippen MR) is 111 cm³/mol. The summed E-state index contributed by atoms with van der Waals surface area (Å²) in [5.41, 5.74) is 7.44. The normalized spacial score (nSPS) is 18.7. The number of ketones is 1. The Hall–Kier alpha value is -3.06. The number of hydrogen-bond donors (Lipinski definition) is 1. The lowest BCUT2D eigenvalue weighted by Crippen LogP contribution is -2.27. The molecule has 0 saturated heterocycles. The van der Waals surface area contributed by atoms with E-state index in [1.807, 2.05) is 6.07 Å². The maximum atomic E-state index is 14.3. The molecule has 160 valence electrons. The second-order valence-corrected chi connectivity index (χ2v) is 7.95. The lowest BCUT2D eigenvalue weighted by Gasteiger charge is -2.28. The van der Waals surface area contributed by atoms with Crippen molar-refractivity contribution in [2.75, 3.05) is 0 Å². The average Bonchev–Trinajstić information content (AvgIpc) is 2.75. The molecule has 0 unspecified atom stereocenters. The number of nitrogens with two attached hydrogens (primary N) is 1. The number of rotatable bonds is 5. The van der Waals surface area contributed by atoms with Gasteiger partial charge in [-0.1, -0.05) is 6.42 Å². The van der Waals surface area contributed by atoms with Crippen molar-refractivity contribution in [2.24, 2.45) is 5.73 Å². The number of hydrogen-bond acceptors (Lipinski definition) is 4. The molecule has 2 heterocycles. The molecule has 1 fully saturated rings. The topological polar surface area (TPSA) is 68.9 Å². The molecule has 3 aromatic rings. The van der Waals surface area contributed by atoms with Crippen LogP contribution in [0, 0.1) is 17.5 Å². The minimum Gasteiger partial charge on any atom is -0.328 e. The van der Waals surface area contributed by atoms with Crippen molar-refractivity contribution in [3.8, 4) is 11.3 Å². The highest BCUT2D eigenvalue weighted by Gasteiger charge is 2.24. The van der Waals surface area contributed by atoms with Crippen LogP contribution in [0.3, 0.4) is 0 Å². The van der Waals surface area contributed by atoms with Crippen LogP contribution >= 0.6 is 0 Å². The molecule has 31 heavy (non-hydrogen) atoms. The van der Waals surface area contributed by atoms with Crippen LogP contribution in [0.15, 0.2) is 48.8 Å². The summed E-state index contributed by atoms with van der Waals surface area (Å²) in [6, 6.07) is 7.19. The first-order chi connectivity index (χ1) is 14.9. The number of nitrogens with zero attached hydrogens (tertiary/aromatic N) is 2. The average molecular weight is 425 g/mol. The van der Waals surface area contributed by atoms with E-state index in [4.69, 9.17) is 5.73 Å². The molecule has 0 spiro atoms. The Labute approximate surface area is 178 Å². The van der Waals surface area contributed by atoms with Crippen molar-refractivity contribution in [3.05, 3.63) is 83.1 Å². The van der Waals surface area contributed by atoms with Gasteiger partial charge < -0.3 is 5.73 Å². The van der Waals surface area contributed by atoms with E-state index in [9.17, 15) is 18.0 Å². The molecule has 0 radical (unpaired) electrons. The molecule has 0 amide bonds. The lowest BCUT2D eigenvalue weighted by atomic mass is 9.80. The SMILES string of the molecule is N[C@H]1CCC[C@@H](c2ccncc2CC(=O)c2ccc(F)c(-c3ccc(F)cc3F)n2)C1. The van der Waals surface area contributed by atoms with E-state index >= 15 is 0 Å². The number of aromatic nitrogens is 2. The molecule has 2 N–H and O–H groups in total. The maximum Gasteiger partial charge on any atom is 0.185 e. The van der Waals surface area contributed by atoms with Crippen LogP contribution in [0.4, 0.5) is 13.2 Å². The van der Waals surface area contributed by atoms with Gasteiger partial charge in [0.05, 0.1) is 0 Å². The number of benzene rings is 1. The van der Waals surface area contributed by atoms with Gasteiger partial charge in [-0.3, -0.25) is 9.78 Å². The third-order valence-corrected chi connectivity index (χ3v) is 5.76. The number of Topliss-reactive ketones (excluding diaryl/α,β-unsaturated/α-hetero) is 1. The molecule has 4 nitrogen and oxygen atoms in total. The summed E-state index contributed by atoms with van der Waals surface area (Å²) in [5.74, 6) is -2.59. The van der Waals surface area contributed by atoms with Gasteiger partial charge in [0.1, 0.15) is 28.8 Å². The van der Waals surface area contributed by atoms with Crippen LogP contribution in [0.5, 0.6) is 0 Å². The molecular weight excluding hydrogens is 403 g/mol. The van der Waals surface area contributed by atoms with E-state index in [2.05, 4.69) is 9.97 Å². The lowest BCUT2D eigenvalue weighted by molar-refractivity contribution is 0.0987. The van der Waals surface area contributed by atoms with Crippen molar-refractivity contribution in [1.29, 1.82) is 0 Å². The number of halogens is 3. The first kappa shape index (κ1) is 21.2.